The van der Waals surface area contributed by atoms with E-state index in [2.05, 4.69) is 10.6 Å². The second kappa shape index (κ2) is 7.31. The van der Waals surface area contributed by atoms with Crippen LogP contribution in [0, 0.1) is 12.8 Å². The summed E-state index contributed by atoms with van der Waals surface area (Å²) in [5, 5.41) is 6.30. The van der Waals surface area contributed by atoms with Gasteiger partial charge in [0.1, 0.15) is 0 Å². The molecule has 116 valence electrons. The van der Waals surface area contributed by atoms with Gasteiger partial charge in [-0.25, -0.2) is 0 Å². The first-order valence-corrected chi connectivity index (χ1v) is 7.37. The second-order valence-corrected chi connectivity index (χ2v) is 5.47. The van der Waals surface area contributed by atoms with E-state index in [9.17, 15) is 4.79 Å². The average Bonchev–Trinajstić information content (AvgIpc) is 2.49. The van der Waals surface area contributed by atoms with Crippen LogP contribution >= 0.6 is 0 Å². The number of rotatable bonds is 5. The maximum absolute atomic E-state index is 12.2. The number of benzene rings is 1. The van der Waals surface area contributed by atoms with Crippen molar-refractivity contribution in [2.24, 2.45) is 5.92 Å². The molecule has 5 heteroatoms. The highest BCUT2D eigenvalue weighted by atomic mass is 16.5. The van der Waals surface area contributed by atoms with E-state index >= 15 is 0 Å². The van der Waals surface area contributed by atoms with Crippen molar-refractivity contribution in [3.05, 3.63) is 17.7 Å². The molecule has 0 aromatic heterocycles. The summed E-state index contributed by atoms with van der Waals surface area (Å²) in [7, 11) is 3.19. The molecule has 0 saturated carbocycles. The summed E-state index contributed by atoms with van der Waals surface area (Å²) < 4.78 is 10.5. The number of amides is 1. The fraction of sp³-hybridized carbons (Fsp3) is 0.562. The molecule has 0 spiro atoms. The van der Waals surface area contributed by atoms with Crippen LogP contribution in [-0.4, -0.2) is 33.2 Å². The van der Waals surface area contributed by atoms with Gasteiger partial charge in [-0.15, -0.1) is 0 Å². The molecule has 1 fully saturated rings. The lowest BCUT2D eigenvalue weighted by Crippen LogP contribution is -2.30. The number of anilines is 1. The second-order valence-electron chi connectivity index (χ2n) is 5.47. The summed E-state index contributed by atoms with van der Waals surface area (Å²) in [5.74, 6) is 1.84. The minimum atomic E-state index is 0.0669. The van der Waals surface area contributed by atoms with Crippen LogP contribution < -0.4 is 20.1 Å². The Morgan fingerprint density at radius 1 is 1.24 bits per heavy atom. The zero-order valence-electron chi connectivity index (χ0n) is 13.0. The number of piperidine rings is 1. The Morgan fingerprint density at radius 2 is 1.86 bits per heavy atom. The predicted octanol–water partition coefficient (Wildman–Crippen LogP) is 2.34. The van der Waals surface area contributed by atoms with Crippen molar-refractivity contribution in [1.82, 2.24) is 5.32 Å². The highest BCUT2D eigenvalue weighted by molar-refractivity contribution is 5.92. The Kier molecular flexibility index (Phi) is 5.44. The van der Waals surface area contributed by atoms with E-state index in [1.165, 1.54) is 0 Å². The van der Waals surface area contributed by atoms with Gasteiger partial charge in [0.05, 0.1) is 14.2 Å². The minimum absolute atomic E-state index is 0.0669. The lowest BCUT2D eigenvalue weighted by molar-refractivity contribution is -0.117. The lowest BCUT2D eigenvalue weighted by Gasteiger charge is -2.22. The van der Waals surface area contributed by atoms with Crippen molar-refractivity contribution in [3.63, 3.8) is 0 Å². The van der Waals surface area contributed by atoms with Crippen molar-refractivity contribution >= 4 is 11.6 Å². The van der Waals surface area contributed by atoms with Crippen molar-refractivity contribution in [2.45, 2.75) is 26.2 Å². The van der Waals surface area contributed by atoms with Crippen LogP contribution in [0.1, 0.15) is 24.8 Å². The summed E-state index contributed by atoms with van der Waals surface area (Å²) in [6, 6.07) is 3.69. The third-order valence-electron chi connectivity index (χ3n) is 3.94. The highest BCUT2D eigenvalue weighted by Crippen LogP contribution is 2.33. The van der Waals surface area contributed by atoms with Gasteiger partial charge in [0.15, 0.2) is 11.5 Å². The molecule has 1 aliphatic rings. The summed E-state index contributed by atoms with van der Waals surface area (Å²) in [6.45, 7) is 3.96. The lowest BCUT2D eigenvalue weighted by atomic mass is 9.94. The number of aryl methyl sites for hydroxylation is 1. The number of hydrogen-bond donors (Lipinski definition) is 2. The zero-order valence-corrected chi connectivity index (χ0v) is 13.0. The Hall–Kier alpha value is -1.75. The highest BCUT2D eigenvalue weighted by Gasteiger charge is 2.18. The molecule has 1 saturated heterocycles. The Bertz CT molecular complexity index is 497. The largest absolute Gasteiger partial charge is 0.493 e. The van der Waals surface area contributed by atoms with E-state index in [1.807, 2.05) is 19.1 Å². The van der Waals surface area contributed by atoms with Gasteiger partial charge in [0.2, 0.25) is 5.91 Å². The van der Waals surface area contributed by atoms with Crippen molar-refractivity contribution in [3.8, 4) is 11.5 Å². The van der Waals surface area contributed by atoms with Gasteiger partial charge < -0.3 is 20.1 Å². The molecule has 2 N–H and O–H groups in total. The van der Waals surface area contributed by atoms with Crippen LogP contribution in [0.5, 0.6) is 11.5 Å². The maximum atomic E-state index is 12.2. The van der Waals surface area contributed by atoms with Crippen LogP contribution in [0.4, 0.5) is 5.69 Å². The molecule has 0 bridgehead atoms. The summed E-state index contributed by atoms with van der Waals surface area (Å²) in [5.41, 5.74) is 1.75. The van der Waals surface area contributed by atoms with Crippen molar-refractivity contribution < 1.29 is 14.3 Å². The van der Waals surface area contributed by atoms with Gasteiger partial charge in [-0.1, -0.05) is 0 Å². The number of carbonyl (C=O) groups excluding carboxylic acids is 1. The number of hydrogen-bond acceptors (Lipinski definition) is 4. The summed E-state index contributed by atoms with van der Waals surface area (Å²) in [6.07, 6.45) is 2.71. The number of nitrogens with one attached hydrogen (secondary N) is 2. The number of carbonyl (C=O) groups is 1. The van der Waals surface area contributed by atoms with Gasteiger partial charge in [0.25, 0.3) is 0 Å². The molecular weight excluding hydrogens is 268 g/mol. The van der Waals surface area contributed by atoms with Gasteiger partial charge in [-0.2, -0.15) is 0 Å². The molecule has 1 aromatic carbocycles. The quantitative estimate of drug-likeness (QED) is 0.874. The molecule has 1 amide bonds. The van der Waals surface area contributed by atoms with Gasteiger partial charge in [0, 0.05) is 18.2 Å². The van der Waals surface area contributed by atoms with E-state index in [-0.39, 0.29) is 5.91 Å². The van der Waals surface area contributed by atoms with E-state index in [4.69, 9.17) is 9.47 Å². The fourth-order valence-corrected chi connectivity index (χ4v) is 2.66. The predicted molar refractivity (Wildman–Crippen MR) is 83.1 cm³/mol. The molecule has 2 rings (SSSR count). The van der Waals surface area contributed by atoms with Crippen LogP contribution in [0.25, 0.3) is 0 Å². The molecule has 0 unspecified atom stereocenters. The maximum Gasteiger partial charge on any atom is 0.224 e. The Balaban J connectivity index is 2.02. The molecule has 0 aliphatic carbocycles. The Morgan fingerprint density at radius 3 is 2.48 bits per heavy atom. The van der Waals surface area contributed by atoms with E-state index < -0.39 is 0 Å². The van der Waals surface area contributed by atoms with Gasteiger partial charge in [-0.05, 0) is 50.4 Å². The molecule has 0 atom stereocenters. The van der Waals surface area contributed by atoms with E-state index in [0.29, 0.717) is 23.8 Å². The first-order valence-electron chi connectivity index (χ1n) is 7.37. The number of ether oxygens (including phenoxy) is 2. The molecule has 1 heterocycles. The zero-order chi connectivity index (χ0) is 15.2. The van der Waals surface area contributed by atoms with Gasteiger partial charge in [-0.3, -0.25) is 4.79 Å². The average molecular weight is 292 g/mol. The smallest absolute Gasteiger partial charge is 0.224 e. The van der Waals surface area contributed by atoms with E-state index in [0.717, 1.165) is 37.2 Å². The first-order chi connectivity index (χ1) is 10.1. The SMILES string of the molecule is COc1cc(C)c(NC(=O)CC2CCNCC2)cc1OC. The summed E-state index contributed by atoms with van der Waals surface area (Å²) >= 11 is 0. The van der Waals surface area contributed by atoms with Crippen LogP contribution in [0.15, 0.2) is 12.1 Å². The fourth-order valence-electron chi connectivity index (χ4n) is 2.66. The van der Waals surface area contributed by atoms with Crippen molar-refractivity contribution in [2.75, 3.05) is 32.6 Å². The third-order valence-corrected chi connectivity index (χ3v) is 3.94. The molecular formula is C16H24N2O3. The molecule has 5 nitrogen and oxygen atoms in total. The molecule has 1 aromatic rings. The summed E-state index contributed by atoms with van der Waals surface area (Å²) in [4.78, 5) is 12.2. The standard InChI is InChI=1S/C16H24N2O3/c1-11-8-14(20-2)15(21-3)10-13(11)18-16(19)9-12-4-6-17-7-5-12/h8,10,12,17H,4-7,9H2,1-3H3,(H,18,19). The van der Waals surface area contributed by atoms with E-state index in [1.54, 1.807) is 14.2 Å². The number of methoxy groups -OCH3 is 2. The molecule has 1 aliphatic heterocycles. The van der Waals surface area contributed by atoms with Crippen LogP contribution in [0.3, 0.4) is 0 Å². The molecule has 0 radical (unpaired) electrons. The van der Waals surface area contributed by atoms with Crippen LogP contribution in [-0.2, 0) is 4.79 Å². The monoisotopic (exact) mass is 292 g/mol. The molecule has 21 heavy (non-hydrogen) atoms. The normalized spacial score (nSPS) is 15.6. The topological polar surface area (TPSA) is 59.6 Å². The van der Waals surface area contributed by atoms with Gasteiger partial charge >= 0.3 is 0 Å². The Labute approximate surface area is 126 Å². The third kappa shape index (κ3) is 4.11. The van der Waals surface area contributed by atoms with Crippen molar-refractivity contribution in [1.29, 1.82) is 0 Å². The first kappa shape index (κ1) is 15.6. The minimum Gasteiger partial charge on any atom is -0.493 e. The van der Waals surface area contributed by atoms with Crippen LogP contribution in [0.2, 0.25) is 0 Å².